The molecule has 0 radical (unpaired) electrons. The highest BCUT2D eigenvalue weighted by Crippen LogP contribution is 2.53. The number of carbonyl (C=O) groups is 1. The molecule has 0 bridgehead atoms. The second-order valence-corrected chi connectivity index (χ2v) is 8.28. The van der Waals surface area contributed by atoms with E-state index in [-0.39, 0.29) is 5.41 Å². The molecule has 0 saturated heterocycles. The van der Waals surface area contributed by atoms with Crippen molar-refractivity contribution >= 4 is 26.6 Å². The van der Waals surface area contributed by atoms with Gasteiger partial charge in [0.2, 0.25) is 0 Å². The van der Waals surface area contributed by atoms with E-state index in [0.29, 0.717) is 5.41 Å². The summed E-state index contributed by atoms with van der Waals surface area (Å²) in [6.45, 7) is 11.4. The van der Waals surface area contributed by atoms with Crippen LogP contribution in [-0.2, 0) is 5.41 Å². The van der Waals surface area contributed by atoms with Crippen LogP contribution in [0.3, 0.4) is 0 Å². The molecule has 1 aliphatic rings. The van der Waals surface area contributed by atoms with Gasteiger partial charge in [0.25, 0.3) is 0 Å². The zero-order valence-corrected chi connectivity index (χ0v) is 15.4. The van der Waals surface area contributed by atoms with Gasteiger partial charge in [-0.05, 0) is 34.3 Å². The summed E-state index contributed by atoms with van der Waals surface area (Å²) in [6, 6.07) is 8.91. The molecule has 0 aromatic heterocycles. The first kappa shape index (κ1) is 18.8. The summed E-state index contributed by atoms with van der Waals surface area (Å²) in [7, 11) is 0. The molecule has 0 amide bonds. The summed E-state index contributed by atoms with van der Waals surface area (Å²) in [5, 5.41) is 13.9. The van der Waals surface area contributed by atoms with Gasteiger partial charge in [0.05, 0.1) is 0 Å². The Morgan fingerprint density at radius 3 is 1.95 bits per heavy atom. The summed E-state index contributed by atoms with van der Waals surface area (Å²) >= 11 is 3.71. The van der Waals surface area contributed by atoms with Crippen LogP contribution < -0.4 is 0 Å². The molecule has 1 aliphatic carbocycles. The summed E-state index contributed by atoms with van der Waals surface area (Å²) < 4.78 is 1.23. The lowest BCUT2D eigenvalue weighted by Gasteiger charge is -2.19. The molecular formula is C18H25BrO3. The molecule has 2 rings (SSSR count). The lowest BCUT2D eigenvalue weighted by atomic mass is 9.87. The first-order chi connectivity index (χ1) is 9.93. The Labute approximate surface area is 141 Å². The average molecular weight is 369 g/mol. The van der Waals surface area contributed by atoms with Gasteiger partial charge in [-0.1, -0.05) is 80.9 Å². The third-order valence-electron chi connectivity index (χ3n) is 3.96. The monoisotopic (exact) mass is 368 g/mol. The molecule has 1 saturated carbocycles. The molecule has 0 aliphatic heterocycles. The standard InChI is InChI=1S/C17H23Br.CH2O3/c1-16(2,3)13-8-6-12(7-9-13)15(18)10-14-11-17(14,4)5;2-1(3)4/h6-10,14H,11H2,1-5H3;(H2,2,3,4). The van der Waals surface area contributed by atoms with Gasteiger partial charge < -0.3 is 10.2 Å². The van der Waals surface area contributed by atoms with E-state index in [1.807, 2.05) is 0 Å². The van der Waals surface area contributed by atoms with Gasteiger partial charge >= 0.3 is 6.16 Å². The molecule has 1 aromatic rings. The Bertz CT molecular complexity index is 547. The van der Waals surface area contributed by atoms with Gasteiger partial charge in [0.1, 0.15) is 0 Å². The van der Waals surface area contributed by atoms with Crippen LogP contribution in [0.5, 0.6) is 0 Å². The number of benzene rings is 1. The SMILES string of the molecule is CC(C)(C)c1ccc(C(Br)=CC2CC2(C)C)cc1.O=C(O)O. The van der Waals surface area contributed by atoms with E-state index < -0.39 is 6.16 Å². The van der Waals surface area contributed by atoms with Crippen molar-refractivity contribution in [2.24, 2.45) is 11.3 Å². The Hall–Kier alpha value is -1.29. The quantitative estimate of drug-likeness (QED) is 0.673. The predicted octanol–water partition coefficient (Wildman–Crippen LogP) is 5.99. The topological polar surface area (TPSA) is 57.5 Å². The Morgan fingerprint density at radius 2 is 1.64 bits per heavy atom. The first-order valence-corrected chi connectivity index (χ1v) is 8.13. The maximum absolute atomic E-state index is 8.56. The number of carboxylic acid groups (broad SMARTS) is 2. The summed E-state index contributed by atoms with van der Waals surface area (Å²) in [6.07, 6.45) is 1.84. The van der Waals surface area contributed by atoms with Crippen molar-refractivity contribution in [1.29, 1.82) is 0 Å². The van der Waals surface area contributed by atoms with Crippen LogP contribution in [0, 0.1) is 11.3 Å². The molecule has 1 aromatic carbocycles. The van der Waals surface area contributed by atoms with E-state index in [0.717, 1.165) is 5.92 Å². The molecule has 3 nitrogen and oxygen atoms in total. The maximum Gasteiger partial charge on any atom is 0.503 e. The molecule has 1 fully saturated rings. The minimum atomic E-state index is -1.83. The van der Waals surface area contributed by atoms with Crippen LogP contribution in [-0.4, -0.2) is 16.4 Å². The largest absolute Gasteiger partial charge is 0.503 e. The van der Waals surface area contributed by atoms with Gasteiger partial charge in [-0.15, -0.1) is 0 Å². The number of halogens is 1. The predicted molar refractivity (Wildman–Crippen MR) is 94.6 cm³/mol. The molecular weight excluding hydrogens is 344 g/mol. The van der Waals surface area contributed by atoms with Crippen LogP contribution in [0.25, 0.3) is 4.48 Å². The second kappa shape index (κ2) is 6.86. The van der Waals surface area contributed by atoms with Crippen LogP contribution in [0.4, 0.5) is 4.79 Å². The highest BCUT2D eigenvalue weighted by molar-refractivity contribution is 9.15. The van der Waals surface area contributed by atoms with Crippen LogP contribution in [0.1, 0.15) is 52.2 Å². The summed E-state index contributed by atoms with van der Waals surface area (Å²) in [5.41, 5.74) is 3.40. The van der Waals surface area contributed by atoms with Crippen molar-refractivity contribution in [3.05, 3.63) is 41.5 Å². The van der Waals surface area contributed by atoms with Crippen molar-refractivity contribution in [2.45, 2.75) is 46.5 Å². The molecule has 1 atom stereocenters. The molecule has 0 heterocycles. The van der Waals surface area contributed by atoms with E-state index >= 15 is 0 Å². The fraction of sp³-hybridized carbons (Fsp3) is 0.500. The van der Waals surface area contributed by atoms with E-state index in [4.69, 9.17) is 15.0 Å². The molecule has 22 heavy (non-hydrogen) atoms. The second-order valence-electron chi connectivity index (χ2n) is 7.42. The highest BCUT2D eigenvalue weighted by Gasteiger charge is 2.43. The minimum absolute atomic E-state index is 0.229. The van der Waals surface area contributed by atoms with Crippen LogP contribution in [0.2, 0.25) is 0 Å². The highest BCUT2D eigenvalue weighted by atomic mass is 79.9. The van der Waals surface area contributed by atoms with Crippen molar-refractivity contribution in [3.63, 3.8) is 0 Å². The van der Waals surface area contributed by atoms with Crippen molar-refractivity contribution in [3.8, 4) is 0 Å². The van der Waals surface area contributed by atoms with Crippen molar-refractivity contribution in [1.82, 2.24) is 0 Å². The fourth-order valence-electron chi connectivity index (χ4n) is 2.19. The molecule has 1 unspecified atom stereocenters. The van der Waals surface area contributed by atoms with E-state index in [9.17, 15) is 0 Å². The zero-order chi connectivity index (χ0) is 17.1. The van der Waals surface area contributed by atoms with Gasteiger partial charge in [-0.25, -0.2) is 4.79 Å². The number of allylic oxidation sites excluding steroid dienone is 1. The summed E-state index contributed by atoms with van der Waals surface area (Å²) in [4.78, 5) is 8.56. The lowest BCUT2D eigenvalue weighted by Crippen LogP contribution is -2.10. The lowest BCUT2D eigenvalue weighted by molar-refractivity contribution is 0.137. The average Bonchev–Trinajstić information content (AvgIpc) is 2.94. The molecule has 122 valence electrons. The molecule has 4 heteroatoms. The third-order valence-corrected chi connectivity index (χ3v) is 4.69. The number of rotatable bonds is 2. The van der Waals surface area contributed by atoms with E-state index in [2.05, 4.69) is 80.9 Å². The van der Waals surface area contributed by atoms with Gasteiger partial charge in [-0.3, -0.25) is 0 Å². The minimum Gasteiger partial charge on any atom is -0.450 e. The van der Waals surface area contributed by atoms with Crippen LogP contribution >= 0.6 is 15.9 Å². The van der Waals surface area contributed by atoms with Crippen molar-refractivity contribution < 1.29 is 15.0 Å². The zero-order valence-electron chi connectivity index (χ0n) is 13.9. The Kier molecular flexibility index (Phi) is 5.85. The third kappa shape index (κ3) is 5.84. The number of hydrogen-bond donors (Lipinski definition) is 2. The van der Waals surface area contributed by atoms with Gasteiger partial charge in [0, 0.05) is 4.48 Å². The van der Waals surface area contributed by atoms with Crippen molar-refractivity contribution in [2.75, 3.05) is 0 Å². The van der Waals surface area contributed by atoms with E-state index in [1.165, 1.54) is 22.0 Å². The van der Waals surface area contributed by atoms with Gasteiger partial charge in [-0.2, -0.15) is 0 Å². The smallest absolute Gasteiger partial charge is 0.450 e. The molecule has 0 spiro atoms. The first-order valence-electron chi connectivity index (χ1n) is 7.33. The Balaban J connectivity index is 0.000000541. The van der Waals surface area contributed by atoms with Crippen LogP contribution in [0.15, 0.2) is 30.3 Å². The fourth-order valence-corrected chi connectivity index (χ4v) is 2.78. The van der Waals surface area contributed by atoms with E-state index in [1.54, 1.807) is 0 Å². The number of hydrogen-bond acceptors (Lipinski definition) is 1. The Morgan fingerprint density at radius 1 is 1.23 bits per heavy atom. The van der Waals surface area contributed by atoms with Gasteiger partial charge in [0.15, 0.2) is 0 Å². The maximum atomic E-state index is 8.56. The molecule has 2 N–H and O–H groups in total. The summed E-state index contributed by atoms with van der Waals surface area (Å²) in [5.74, 6) is 0.731. The normalized spacial score (nSPS) is 19.9.